The molecule has 14 heavy (non-hydrogen) atoms. The van der Waals surface area contributed by atoms with Crippen molar-refractivity contribution in [3.05, 3.63) is 18.0 Å². The summed E-state index contributed by atoms with van der Waals surface area (Å²) in [6, 6.07) is 0.550. The van der Waals surface area contributed by atoms with Crippen LogP contribution in [0.3, 0.4) is 0 Å². The number of nitrogens with one attached hydrogen (secondary N) is 2. The van der Waals surface area contributed by atoms with Crippen LogP contribution in [0.15, 0.2) is 12.4 Å². The third-order valence-electron chi connectivity index (χ3n) is 2.68. The van der Waals surface area contributed by atoms with E-state index in [-0.39, 0.29) is 0 Å². The molecular formula is C10H18N4. The number of hydrogen-bond donors (Lipinski definition) is 2. The Morgan fingerprint density at radius 2 is 2.64 bits per heavy atom. The molecule has 2 heterocycles. The maximum atomic E-state index is 4.40. The summed E-state index contributed by atoms with van der Waals surface area (Å²) in [5, 5.41) is 10.9. The van der Waals surface area contributed by atoms with E-state index in [0.29, 0.717) is 6.04 Å². The molecule has 1 aromatic heterocycles. The number of hydrogen-bond acceptors (Lipinski definition) is 3. The minimum Gasteiger partial charge on any atom is -0.316 e. The van der Waals surface area contributed by atoms with Gasteiger partial charge in [-0.1, -0.05) is 0 Å². The van der Waals surface area contributed by atoms with Crippen LogP contribution in [-0.4, -0.2) is 29.9 Å². The molecule has 0 saturated carbocycles. The third kappa shape index (κ3) is 2.13. The van der Waals surface area contributed by atoms with Crippen molar-refractivity contribution in [1.29, 1.82) is 0 Å². The molecule has 1 unspecified atom stereocenters. The monoisotopic (exact) mass is 194 g/mol. The highest BCUT2D eigenvalue weighted by molar-refractivity contribution is 5.04. The highest BCUT2D eigenvalue weighted by Gasteiger charge is 2.15. The van der Waals surface area contributed by atoms with Gasteiger partial charge in [-0.3, -0.25) is 4.68 Å². The fourth-order valence-corrected chi connectivity index (χ4v) is 1.93. The van der Waals surface area contributed by atoms with Crippen molar-refractivity contribution in [3.63, 3.8) is 0 Å². The predicted octanol–water partition coefficient (Wildman–Crippen LogP) is 0.527. The predicted molar refractivity (Wildman–Crippen MR) is 56.1 cm³/mol. The Balaban J connectivity index is 2.00. The molecule has 0 amide bonds. The number of aromatic nitrogens is 2. The van der Waals surface area contributed by atoms with E-state index >= 15 is 0 Å². The third-order valence-corrected chi connectivity index (χ3v) is 2.68. The van der Waals surface area contributed by atoms with Gasteiger partial charge < -0.3 is 10.6 Å². The maximum Gasteiger partial charge on any atom is 0.0644 e. The normalized spacial score (nSPS) is 22.5. The van der Waals surface area contributed by atoms with Crippen LogP contribution in [-0.2, 0) is 6.54 Å². The summed E-state index contributed by atoms with van der Waals surface area (Å²) in [6.07, 6.45) is 6.60. The molecule has 78 valence electrons. The van der Waals surface area contributed by atoms with Crippen molar-refractivity contribution < 1.29 is 0 Å². The highest BCUT2D eigenvalue weighted by atomic mass is 15.3. The number of rotatable bonds is 3. The Bertz CT molecular complexity index is 275. The van der Waals surface area contributed by atoms with Gasteiger partial charge in [0, 0.05) is 24.8 Å². The summed E-state index contributed by atoms with van der Waals surface area (Å²) in [6.45, 7) is 3.11. The number of nitrogens with zero attached hydrogens (tertiary/aromatic N) is 2. The Labute approximate surface area is 84.7 Å². The van der Waals surface area contributed by atoms with Crippen LogP contribution >= 0.6 is 0 Å². The second-order valence-electron chi connectivity index (χ2n) is 3.86. The summed E-state index contributed by atoms with van der Waals surface area (Å²) in [5.74, 6) is 0. The minimum absolute atomic E-state index is 0.550. The van der Waals surface area contributed by atoms with Crippen molar-refractivity contribution in [2.24, 2.45) is 0 Å². The quantitative estimate of drug-likeness (QED) is 0.737. The molecule has 1 aromatic rings. The largest absolute Gasteiger partial charge is 0.316 e. The topological polar surface area (TPSA) is 41.9 Å². The van der Waals surface area contributed by atoms with Crippen molar-refractivity contribution in [1.82, 2.24) is 20.4 Å². The van der Waals surface area contributed by atoms with E-state index in [2.05, 4.69) is 26.6 Å². The second-order valence-corrected chi connectivity index (χ2v) is 3.86. The summed E-state index contributed by atoms with van der Waals surface area (Å²) < 4.78 is 2.10. The summed E-state index contributed by atoms with van der Waals surface area (Å²) in [7, 11) is 1.96. The van der Waals surface area contributed by atoms with E-state index in [0.717, 1.165) is 19.6 Å². The lowest BCUT2D eigenvalue weighted by Crippen LogP contribution is -2.31. The van der Waals surface area contributed by atoms with Crippen LogP contribution in [0.25, 0.3) is 0 Å². The van der Waals surface area contributed by atoms with Gasteiger partial charge in [-0.15, -0.1) is 0 Å². The molecule has 4 heteroatoms. The van der Waals surface area contributed by atoms with Gasteiger partial charge in [-0.05, 0) is 26.4 Å². The van der Waals surface area contributed by atoms with E-state index in [4.69, 9.17) is 0 Å². The summed E-state index contributed by atoms with van der Waals surface area (Å²) in [4.78, 5) is 0. The lowest BCUT2D eigenvalue weighted by atomic mass is 10.1. The molecule has 0 aromatic carbocycles. The van der Waals surface area contributed by atoms with Gasteiger partial charge in [0.15, 0.2) is 0 Å². The molecule has 2 N–H and O–H groups in total. The lowest BCUT2D eigenvalue weighted by molar-refractivity contribution is 0.346. The maximum absolute atomic E-state index is 4.40. The molecular weight excluding hydrogens is 176 g/mol. The van der Waals surface area contributed by atoms with Crippen molar-refractivity contribution in [2.45, 2.75) is 25.4 Å². The molecule has 0 aliphatic carbocycles. The molecule has 0 spiro atoms. The molecule has 0 bridgehead atoms. The van der Waals surface area contributed by atoms with Gasteiger partial charge >= 0.3 is 0 Å². The van der Waals surface area contributed by atoms with Gasteiger partial charge in [0.05, 0.1) is 12.2 Å². The fourth-order valence-electron chi connectivity index (χ4n) is 1.93. The molecule has 0 radical (unpaired) electrons. The van der Waals surface area contributed by atoms with Crippen LogP contribution in [0.2, 0.25) is 0 Å². The average Bonchev–Trinajstić information content (AvgIpc) is 2.68. The Morgan fingerprint density at radius 3 is 3.36 bits per heavy atom. The molecule has 1 fully saturated rings. The van der Waals surface area contributed by atoms with Crippen LogP contribution in [0.4, 0.5) is 0 Å². The van der Waals surface area contributed by atoms with Crippen LogP contribution in [0.1, 0.15) is 24.4 Å². The lowest BCUT2D eigenvalue weighted by Gasteiger charge is -2.22. The van der Waals surface area contributed by atoms with Crippen LogP contribution in [0.5, 0.6) is 0 Å². The van der Waals surface area contributed by atoms with Crippen LogP contribution in [0, 0.1) is 0 Å². The molecule has 2 rings (SSSR count). The summed E-state index contributed by atoms with van der Waals surface area (Å²) >= 11 is 0. The molecule has 1 aliphatic heterocycles. The summed E-state index contributed by atoms with van der Waals surface area (Å²) in [5.41, 5.74) is 1.26. The van der Waals surface area contributed by atoms with E-state index < -0.39 is 0 Å². The fraction of sp³-hybridized carbons (Fsp3) is 0.700. The van der Waals surface area contributed by atoms with E-state index in [1.807, 2.05) is 13.2 Å². The van der Waals surface area contributed by atoms with Crippen molar-refractivity contribution >= 4 is 0 Å². The SMILES string of the molecule is CNCc1cnn(C2CCCNC2)c1. The molecule has 1 atom stereocenters. The smallest absolute Gasteiger partial charge is 0.0644 e. The Morgan fingerprint density at radius 1 is 1.71 bits per heavy atom. The molecule has 1 aliphatic rings. The zero-order valence-electron chi connectivity index (χ0n) is 8.66. The first-order valence-electron chi connectivity index (χ1n) is 5.28. The van der Waals surface area contributed by atoms with Crippen molar-refractivity contribution in [2.75, 3.05) is 20.1 Å². The number of piperidine rings is 1. The molecule has 4 nitrogen and oxygen atoms in total. The standard InChI is InChI=1S/C10H18N4/c1-11-5-9-6-13-14(8-9)10-3-2-4-12-7-10/h6,8,10-12H,2-5,7H2,1H3. The average molecular weight is 194 g/mol. The second kappa shape index (κ2) is 4.57. The van der Waals surface area contributed by atoms with Gasteiger partial charge in [0.25, 0.3) is 0 Å². The van der Waals surface area contributed by atoms with Gasteiger partial charge in [0.2, 0.25) is 0 Å². The highest BCUT2D eigenvalue weighted by Crippen LogP contribution is 2.15. The minimum atomic E-state index is 0.550. The van der Waals surface area contributed by atoms with Crippen LogP contribution < -0.4 is 10.6 Å². The Hall–Kier alpha value is -0.870. The van der Waals surface area contributed by atoms with Gasteiger partial charge in [0.1, 0.15) is 0 Å². The zero-order chi connectivity index (χ0) is 9.80. The van der Waals surface area contributed by atoms with Crippen molar-refractivity contribution in [3.8, 4) is 0 Å². The first kappa shape index (κ1) is 9.68. The van der Waals surface area contributed by atoms with Gasteiger partial charge in [-0.2, -0.15) is 5.10 Å². The van der Waals surface area contributed by atoms with Gasteiger partial charge in [-0.25, -0.2) is 0 Å². The molecule has 1 saturated heterocycles. The van der Waals surface area contributed by atoms with E-state index in [1.54, 1.807) is 0 Å². The van der Waals surface area contributed by atoms with E-state index in [9.17, 15) is 0 Å². The van der Waals surface area contributed by atoms with E-state index in [1.165, 1.54) is 18.4 Å². The zero-order valence-corrected chi connectivity index (χ0v) is 8.66. The Kier molecular flexibility index (Phi) is 3.16. The first-order chi connectivity index (χ1) is 6.90. The first-order valence-corrected chi connectivity index (χ1v) is 5.28.